The van der Waals surface area contributed by atoms with E-state index in [0.29, 0.717) is 30.2 Å². The molecule has 3 rings (SSSR count). The summed E-state index contributed by atoms with van der Waals surface area (Å²) in [5.74, 6) is 6.02. The van der Waals surface area contributed by atoms with Gasteiger partial charge in [-0.25, -0.2) is 10.8 Å². The standard InChI is InChI=1S/C18H17N3O3/c19-21-17(22)13-6-8-16(9-7-13)23-11-10-15-12-24-18(20-15)14-4-2-1-3-5-14/h1-9,12H,10-11,19H2,(H,21,22). The van der Waals surface area contributed by atoms with Gasteiger partial charge in [-0.15, -0.1) is 0 Å². The van der Waals surface area contributed by atoms with Crippen molar-refractivity contribution in [3.63, 3.8) is 0 Å². The summed E-state index contributed by atoms with van der Waals surface area (Å²) in [4.78, 5) is 15.8. The number of nitrogens with two attached hydrogens (primary N) is 1. The first-order chi connectivity index (χ1) is 11.8. The quantitative estimate of drug-likeness (QED) is 0.413. The Bertz CT molecular complexity index is 798. The van der Waals surface area contributed by atoms with Gasteiger partial charge < -0.3 is 9.15 Å². The van der Waals surface area contributed by atoms with Crippen molar-refractivity contribution in [1.82, 2.24) is 10.4 Å². The Morgan fingerprint density at radius 3 is 2.58 bits per heavy atom. The number of rotatable bonds is 6. The number of hydrogen-bond acceptors (Lipinski definition) is 5. The molecular weight excluding hydrogens is 306 g/mol. The molecule has 0 spiro atoms. The van der Waals surface area contributed by atoms with E-state index >= 15 is 0 Å². The van der Waals surface area contributed by atoms with Gasteiger partial charge in [0.1, 0.15) is 12.0 Å². The molecule has 2 aromatic carbocycles. The monoisotopic (exact) mass is 323 g/mol. The smallest absolute Gasteiger partial charge is 0.265 e. The summed E-state index contributed by atoms with van der Waals surface area (Å²) in [6, 6.07) is 16.5. The van der Waals surface area contributed by atoms with E-state index in [1.54, 1.807) is 30.5 Å². The highest BCUT2D eigenvalue weighted by Crippen LogP contribution is 2.18. The number of hydrazine groups is 1. The van der Waals surface area contributed by atoms with Gasteiger partial charge in [0.15, 0.2) is 0 Å². The molecule has 1 amide bonds. The van der Waals surface area contributed by atoms with Crippen molar-refractivity contribution in [2.45, 2.75) is 6.42 Å². The van der Waals surface area contributed by atoms with Gasteiger partial charge in [-0.2, -0.15) is 0 Å². The van der Waals surface area contributed by atoms with Crippen LogP contribution in [0, 0.1) is 0 Å². The molecule has 6 heteroatoms. The Labute approximate surface area is 139 Å². The maximum absolute atomic E-state index is 11.3. The normalized spacial score (nSPS) is 10.4. The highest BCUT2D eigenvalue weighted by molar-refractivity contribution is 5.93. The Kier molecular flexibility index (Phi) is 4.88. The Balaban J connectivity index is 1.53. The molecule has 3 aromatic rings. The van der Waals surface area contributed by atoms with Crippen molar-refractivity contribution in [2.24, 2.45) is 5.84 Å². The van der Waals surface area contributed by atoms with E-state index in [2.05, 4.69) is 10.4 Å². The van der Waals surface area contributed by atoms with Crippen molar-refractivity contribution < 1.29 is 13.9 Å². The molecule has 3 N–H and O–H groups in total. The van der Waals surface area contributed by atoms with Crippen LogP contribution in [0.25, 0.3) is 11.5 Å². The number of aromatic nitrogens is 1. The van der Waals surface area contributed by atoms with Crippen LogP contribution < -0.4 is 16.0 Å². The van der Waals surface area contributed by atoms with Crippen LogP contribution in [0.3, 0.4) is 0 Å². The zero-order valence-corrected chi connectivity index (χ0v) is 12.9. The van der Waals surface area contributed by atoms with Gasteiger partial charge in [0, 0.05) is 17.5 Å². The number of oxazole rings is 1. The van der Waals surface area contributed by atoms with Gasteiger partial charge in [-0.1, -0.05) is 18.2 Å². The van der Waals surface area contributed by atoms with Gasteiger partial charge in [0.25, 0.3) is 5.91 Å². The number of nitrogen functional groups attached to an aromatic ring is 1. The fourth-order valence-corrected chi connectivity index (χ4v) is 2.19. The van der Waals surface area contributed by atoms with Gasteiger partial charge in [0.2, 0.25) is 5.89 Å². The molecule has 1 heterocycles. The molecule has 6 nitrogen and oxygen atoms in total. The Morgan fingerprint density at radius 2 is 1.88 bits per heavy atom. The molecule has 1 aromatic heterocycles. The summed E-state index contributed by atoms with van der Waals surface area (Å²) < 4.78 is 11.1. The average Bonchev–Trinajstić information content (AvgIpc) is 3.11. The van der Waals surface area contributed by atoms with Crippen LogP contribution in [0.4, 0.5) is 0 Å². The predicted molar refractivity (Wildman–Crippen MR) is 89.2 cm³/mol. The third-order valence-corrected chi connectivity index (χ3v) is 3.45. The second kappa shape index (κ2) is 7.43. The largest absolute Gasteiger partial charge is 0.493 e. The first-order valence-electron chi connectivity index (χ1n) is 7.50. The molecule has 0 bridgehead atoms. The summed E-state index contributed by atoms with van der Waals surface area (Å²) in [7, 11) is 0. The van der Waals surface area contributed by atoms with Crippen LogP contribution in [0.1, 0.15) is 16.1 Å². The minimum absolute atomic E-state index is 0.336. The van der Waals surface area contributed by atoms with Crippen molar-refractivity contribution in [2.75, 3.05) is 6.61 Å². The fraction of sp³-hybridized carbons (Fsp3) is 0.111. The summed E-state index contributed by atoms with van der Waals surface area (Å²) in [6.07, 6.45) is 2.27. The first-order valence-corrected chi connectivity index (χ1v) is 7.50. The fourth-order valence-electron chi connectivity index (χ4n) is 2.19. The van der Waals surface area contributed by atoms with E-state index in [-0.39, 0.29) is 5.91 Å². The second-order valence-electron chi connectivity index (χ2n) is 5.11. The Hall–Kier alpha value is -3.12. The summed E-state index contributed by atoms with van der Waals surface area (Å²) in [5.41, 5.74) is 4.33. The SMILES string of the molecule is NNC(=O)c1ccc(OCCc2coc(-c3ccccc3)n2)cc1. The number of carbonyl (C=O) groups excluding carboxylic acids is 1. The minimum atomic E-state index is -0.336. The van der Waals surface area contributed by atoms with Gasteiger partial charge in [-0.3, -0.25) is 10.2 Å². The third kappa shape index (κ3) is 3.80. The molecule has 0 aliphatic carbocycles. The van der Waals surface area contributed by atoms with E-state index in [1.807, 2.05) is 30.3 Å². The van der Waals surface area contributed by atoms with E-state index in [0.717, 1.165) is 11.3 Å². The lowest BCUT2D eigenvalue weighted by Gasteiger charge is -2.05. The van der Waals surface area contributed by atoms with Crippen LogP contribution in [0.5, 0.6) is 5.75 Å². The lowest BCUT2D eigenvalue weighted by Crippen LogP contribution is -2.29. The van der Waals surface area contributed by atoms with E-state index in [4.69, 9.17) is 15.0 Å². The molecule has 24 heavy (non-hydrogen) atoms. The van der Waals surface area contributed by atoms with Crippen LogP contribution in [0.2, 0.25) is 0 Å². The predicted octanol–water partition coefficient (Wildman–Crippen LogP) is 2.57. The molecule has 0 saturated heterocycles. The van der Waals surface area contributed by atoms with Gasteiger partial charge in [0.05, 0.1) is 12.3 Å². The zero-order chi connectivity index (χ0) is 16.8. The number of amides is 1. The highest BCUT2D eigenvalue weighted by Gasteiger charge is 2.07. The number of nitrogens with zero attached hydrogens (tertiary/aromatic N) is 1. The van der Waals surface area contributed by atoms with Crippen molar-refractivity contribution >= 4 is 5.91 Å². The highest BCUT2D eigenvalue weighted by atomic mass is 16.5. The maximum atomic E-state index is 11.3. The first kappa shape index (κ1) is 15.8. The topological polar surface area (TPSA) is 90.4 Å². The number of benzene rings is 2. The molecule has 0 unspecified atom stereocenters. The van der Waals surface area contributed by atoms with Crippen LogP contribution in [-0.4, -0.2) is 17.5 Å². The van der Waals surface area contributed by atoms with Crippen LogP contribution >= 0.6 is 0 Å². The molecule has 0 atom stereocenters. The number of nitrogens with one attached hydrogen (secondary N) is 1. The van der Waals surface area contributed by atoms with Gasteiger partial charge >= 0.3 is 0 Å². The van der Waals surface area contributed by atoms with Crippen molar-refractivity contribution in [1.29, 1.82) is 0 Å². The number of hydrogen-bond donors (Lipinski definition) is 2. The summed E-state index contributed by atoms with van der Waals surface area (Å²) >= 11 is 0. The summed E-state index contributed by atoms with van der Waals surface area (Å²) in [6.45, 7) is 0.462. The number of carbonyl (C=O) groups is 1. The summed E-state index contributed by atoms with van der Waals surface area (Å²) in [5, 5.41) is 0. The molecule has 0 aliphatic rings. The Morgan fingerprint density at radius 1 is 1.12 bits per heavy atom. The van der Waals surface area contributed by atoms with Crippen LogP contribution in [0.15, 0.2) is 65.3 Å². The number of ether oxygens (including phenoxy) is 1. The van der Waals surface area contributed by atoms with Crippen molar-refractivity contribution in [3.05, 3.63) is 72.1 Å². The van der Waals surface area contributed by atoms with E-state index < -0.39 is 0 Å². The molecule has 0 aliphatic heterocycles. The van der Waals surface area contributed by atoms with Crippen LogP contribution in [-0.2, 0) is 6.42 Å². The maximum Gasteiger partial charge on any atom is 0.265 e. The van der Waals surface area contributed by atoms with Crippen molar-refractivity contribution in [3.8, 4) is 17.2 Å². The third-order valence-electron chi connectivity index (χ3n) is 3.45. The minimum Gasteiger partial charge on any atom is -0.493 e. The lowest BCUT2D eigenvalue weighted by molar-refractivity contribution is 0.0953. The zero-order valence-electron chi connectivity index (χ0n) is 12.9. The second-order valence-corrected chi connectivity index (χ2v) is 5.11. The van der Waals surface area contributed by atoms with E-state index in [9.17, 15) is 4.79 Å². The molecule has 0 fully saturated rings. The molecule has 122 valence electrons. The van der Waals surface area contributed by atoms with Gasteiger partial charge in [-0.05, 0) is 36.4 Å². The lowest BCUT2D eigenvalue weighted by atomic mass is 10.2. The average molecular weight is 323 g/mol. The van der Waals surface area contributed by atoms with E-state index in [1.165, 1.54) is 0 Å². The molecular formula is C18H17N3O3. The molecule has 0 saturated carbocycles. The molecule has 0 radical (unpaired) electrons.